The van der Waals surface area contributed by atoms with Crippen molar-refractivity contribution in [1.29, 1.82) is 0 Å². The van der Waals surface area contributed by atoms with E-state index in [4.69, 9.17) is 23.6 Å². The van der Waals surface area contributed by atoms with Crippen LogP contribution in [0.15, 0.2) is 77.2 Å². The van der Waals surface area contributed by atoms with Gasteiger partial charge < -0.3 is 18.6 Å². The number of para-hydroxylation sites is 1. The molecule has 2 aromatic heterocycles. The summed E-state index contributed by atoms with van der Waals surface area (Å²) in [4.78, 5) is 18.6. The SMILES string of the molecule is COc1ccc(/C=C2\CCCc3c2nc2ccccc2c3C(=O)OCc2nnc(-c3ccccc3)o2)cc1OC. The summed E-state index contributed by atoms with van der Waals surface area (Å²) in [6, 6.07) is 22.9. The smallest absolute Gasteiger partial charge is 0.339 e. The molecule has 6 rings (SSSR count). The number of hydrogen-bond acceptors (Lipinski definition) is 8. The maximum atomic E-state index is 13.6. The highest BCUT2D eigenvalue weighted by Gasteiger charge is 2.26. The molecule has 0 fully saturated rings. The number of rotatable bonds is 7. The summed E-state index contributed by atoms with van der Waals surface area (Å²) in [5.74, 6) is 1.48. The molecule has 0 radical (unpaired) electrons. The van der Waals surface area contributed by atoms with Crippen molar-refractivity contribution in [3.8, 4) is 23.0 Å². The molecule has 0 bridgehead atoms. The molecule has 0 saturated carbocycles. The minimum atomic E-state index is -0.443. The van der Waals surface area contributed by atoms with Crippen LogP contribution in [0.1, 0.15) is 45.9 Å². The number of carbonyl (C=O) groups excluding carboxylic acids is 1. The fourth-order valence-electron chi connectivity index (χ4n) is 5.06. The summed E-state index contributed by atoms with van der Waals surface area (Å²) in [6.45, 7) is -0.127. The third-order valence-corrected chi connectivity index (χ3v) is 6.94. The van der Waals surface area contributed by atoms with Crippen molar-refractivity contribution in [3.05, 3.63) is 101 Å². The van der Waals surface area contributed by atoms with Gasteiger partial charge in [-0.1, -0.05) is 42.5 Å². The van der Waals surface area contributed by atoms with E-state index in [1.165, 1.54) is 0 Å². The molecule has 0 unspecified atom stereocenters. The van der Waals surface area contributed by atoms with Crippen molar-refractivity contribution < 1.29 is 23.4 Å². The number of methoxy groups -OCH3 is 2. The van der Waals surface area contributed by atoms with Crippen LogP contribution in [0.3, 0.4) is 0 Å². The first kappa shape index (κ1) is 25.3. The molecule has 5 aromatic rings. The number of benzene rings is 3. The molecule has 0 atom stereocenters. The van der Waals surface area contributed by atoms with Crippen molar-refractivity contribution in [2.24, 2.45) is 0 Å². The molecular formula is C32H27N3O5. The normalized spacial score (nSPS) is 13.7. The van der Waals surface area contributed by atoms with Crippen LogP contribution in [-0.4, -0.2) is 35.4 Å². The molecule has 40 heavy (non-hydrogen) atoms. The predicted molar refractivity (Wildman–Crippen MR) is 151 cm³/mol. The first-order chi connectivity index (χ1) is 19.6. The minimum absolute atomic E-state index is 0.127. The highest BCUT2D eigenvalue weighted by Crippen LogP contribution is 2.37. The van der Waals surface area contributed by atoms with Gasteiger partial charge in [-0.2, -0.15) is 0 Å². The monoisotopic (exact) mass is 533 g/mol. The lowest BCUT2D eigenvalue weighted by Gasteiger charge is -2.22. The Morgan fingerprint density at radius 3 is 2.55 bits per heavy atom. The Morgan fingerprint density at radius 2 is 1.73 bits per heavy atom. The van der Waals surface area contributed by atoms with Crippen molar-refractivity contribution in [3.63, 3.8) is 0 Å². The summed E-state index contributed by atoms with van der Waals surface area (Å²) in [7, 11) is 3.23. The molecule has 8 heteroatoms. The number of nitrogens with zero attached hydrogens (tertiary/aromatic N) is 3. The van der Waals surface area contributed by atoms with Crippen molar-refractivity contribution in [2.75, 3.05) is 14.2 Å². The largest absolute Gasteiger partial charge is 0.493 e. The van der Waals surface area contributed by atoms with E-state index >= 15 is 0 Å². The predicted octanol–water partition coefficient (Wildman–Crippen LogP) is 6.54. The molecule has 2 heterocycles. The van der Waals surface area contributed by atoms with Gasteiger partial charge >= 0.3 is 5.97 Å². The first-order valence-corrected chi connectivity index (χ1v) is 13.0. The first-order valence-electron chi connectivity index (χ1n) is 13.0. The molecule has 3 aromatic carbocycles. The van der Waals surface area contributed by atoms with Crippen LogP contribution in [-0.2, 0) is 17.8 Å². The molecular weight excluding hydrogens is 506 g/mol. The summed E-state index contributed by atoms with van der Waals surface area (Å²) in [6.07, 6.45) is 4.54. The zero-order chi connectivity index (χ0) is 27.5. The van der Waals surface area contributed by atoms with Gasteiger partial charge in [0.2, 0.25) is 5.89 Å². The summed E-state index contributed by atoms with van der Waals surface area (Å²) in [5, 5.41) is 8.91. The Bertz CT molecular complexity index is 1730. The molecule has 200 valence electrons. The van der Waals surface area contributed by atoms with Gasteiger partial charge in [0.1, 0.15) is 0 Å². The van der Waals surface area contributed by atoms with Crippen LogP contribution in [0.5, 0.6) is 11.5 Å². The maximum absolute atomic E-state index is 13.6. The number of pyridine rings is 1. The lowest BCUT2D eigenvalue weighted by Crippen LogP contribution is -2.15. The fourth-order valence-corrected chi connectivity index (χ4v) is 5.06. The summed E-state index contributed by atoms with van der Waals surface area (Å²) in [5.41, 5.74) is 5.78. The third kappa shape index (κ3) is 4.91. The van der Waals surface area contributed by atoms with Gasteiger partial charge in [-0.05, 0) is 72.4 Å². The number of fused-ring (bicyclic) bond motifs is 2. The number of allylic oxidation sites excluding steroid dienone is 1. The lowest BCUT2D eigenvalue weighted by atomic mass is 9.86. The minimum Gasteiger partial charge on any atom is -0.493 e. The van der Waals surface area contributed by atoms with Gasteiger partial charge in [0.15, 0.2) is 18.1 Å². The van der Waals surface area contributed by atoms with E-state index in [2.05, 4.69) is 16.3 Å². The zero-order valence-electron chi connectivity index (χ0n) is 22.2. The van der Waals surface area contributed by atoms with Gasteiger partial charge in [-0.3, -0.25) is 0 Å². The highest BCUT2D eigenvalue weighted by molar-refractivity contribution is 6.06. The molecule has 1 aliphatic rings. The average Bonchev–Trinajstić information content (AvgIpc) is 3.48. The van der Waals surface area contributed by atoms with Crippen LogP contribution in [0.4, 0.5) is 0 Å². The third-order valence-electron chi connectivity index (χ3n) is 6.94. The van der Waals surface area contributed by atoms with Gasteiger partial charge in [0.25, 0.3) is 5.89 Å². The van der Waals surface area contributed by atoms with Gasteiger partial charge in [0.05, 0.1) is 31.0 Å². The van der Waals surface area contributed by atoms with Crippen LogP contribution in [0.2, 0.25) is 0 Å². The van der Waals surface area contributed by atoms with Crippen molar-refractivity contribution in [1.82, 2.24) is 15.2 Å². The molecule has 1 aliphatic carbocycles. The summed E-state index contributed by atoms with van der Waals surface area (Å²) < 4.78 is 22.3. The number of esters is 1. The van der Waals surface area contributed by atoms with E-state index in [9.17, 15) is 4.79 Å². The lowest BCUT2D eigenvalue weighted by molar-refractivity contribution is 0.0439. The molecule has 0 aliphatic heterocycles. The standard InChI is InChI=1S/C32H27N3O5/c1-37-26-16-15-20(18-27(26)38-2)17-22-11-8-13-24-29(23-12-6-7-14-25(23)33-30(22)24)32(36)39-19-28-34-35-31(40-28)21-9-4-3-5-10-21/h3-7,9-10,12,14-18H,8,11,13,19H2,1-2H3/b22-17+. The molecule has 0 saturated heterocycles. The highest BCUT2D eigenvalue weighted by atomic mass is 16.5. The molecule has 0 amide bonds. The quantitative estimate of drug-likeness (QED) is 0.218. The van der Waals surface area contributed by atoms with Gasteiger partial charge in [0, 0.05) is 10.9 Å². The van der Waals surface area contributed by atoms with E-state index in [0.29, 0.717) is 23.0 Å². The number of aromatic nitrogens is 3. The topological polar surface area (TPSA) is 96.6 Å². The van der Waals surface area contributed by atoms with Crippen LogP contribution in [0.25, 0.3) is 34.0 Å². The second-order valence-electron chi connectivity index (χ2n) is 9.41. The molecule has 0 N–H and O–H groups in total. The van der Waals surface area contributed by atoms with E-state index in [1.807, 2.05) is 72.8 Å². The number of ether oxygens (including phenoxy) is 3. The van der Waals surface area contributed by atoms with Crippen LogP contribution < -0.4 is 9.47 Å². The van der Waals surface area contributed by atoms with Gasteiger partial charge in [-0.15, -0.1) is 10.2 Å². The molecule has 8 nitrogen and oxygen atoms in total. The van der Waals surface area contributed by atoms with E-state index in [1.54, 1.807) is 14.2 Å². The van der Waals surface area contributed by atoms with E-state index < -0.39 is 5.97 Å². The number of carbonyl (C=O) groups is 1. The van der Waals surface area contributed by atoms with E-state index in [0.717, 1.165) is 58.1 Å². The Hall–Kier alpha value is -4.98. The fraction of sp³-hybridized carbons (Fsp3) is 0.188. The summed E-state index contributed by atoms with van der Waals surface area (Å²) >= 11 is 0. The van der Waals surface area contributed by atoms with Crippen molar-refractivity contribution >= 4 is 28.5 Å². The Kier molecular flexibility index (Phi) is 6.97. The van der Waals surface area contributed by atoms with Crippen molar-refractivity contribution in [2.45, 2.75) is 25.9 Å². The second kappa shape index (κ2) is 11.0. The number of hydrogen-bond donors (Lipinski definition) is 0. The van der Waals surface area contributed by atoms with E-state index in [-0.39, 0.29) is 12.5 Å². The Balaban J connectivity index is 1.34. The second-order valence-corrected chi connectivity index (χ2v) is 9.41. The van der Waals surface area contributed by atoms with Gasteiger partial charge in [-0.25, -0.2) is 9.78 Å². The Labute approximate surface area is 231 Å². The Morgan fingerprint density at radius 1 is 0.925 bits per heavy atom. The maximum Gasteiger partial charge on any atom is 0.339 e. The zero-order valence-corrected chi connectivity index (χ0v) is 22.2. The van der Waals surface area contributed by atoms with Crippen LogP contribution >= 0.6 is 0 Å². The van der Waals surface area contributed by atoms with Crippen LogP contribution in [0, 0.1) is 0 Å². The molecule has 0 spiro atoms. The average molecular weight is 534 g/mol.